The highest BCUT2D eigenvalue weighted by Crippen LogP contribution is 2.31. The second-order valence-corrected chi connectivity index (χ2v) is 5.65. The minimum Gasteiger partial charge on any atom is -0.493 e. The van der Waals surface area contributed by atoms with Crippen molar-refractivity contribution in [1.29, 1.82) is 0 Å². The van der Waals surface area contributed by atoms with E-state index in [1.807, 2.05) is 19.1 Å². The summed E-state index contributed by atoms with van der Waals surface area (Å²) in [5, 5.41) is 0. The molecule has 0 saturated heterocycles. The number of ether oxygens (including phenoxy) is 5. The molecule has 0 N–H and O–H groups in total. The topological polar surface area (TPSA) is 80.3 Å². The third kappa shape index (κ3) is 4.69. The summed E-state index contributed by atoms with van der Waals surface area (Å²) < 4.78 is 25.8. The molecule has 0 aliphatic rings. The molecule has 0 aliphatic carbocycles. The third-order valence-electron chi connectivity index (χ3n) is 3.99. The Morgan fingerprint density at radius 3 is 1.78 bits per heavy atom. The molecule has 0 aromatic heterocycles. The molecular weight excluding hydrogens is 352 g/mol. The van der Waals surface area contributed by atoms with Crippen LogP contribution in [0.25, 0.3) is 0 Å². The standard InChI is InChI=1S/C20H22O7/c1-12-6-17(23-2)18(24-3)10-15(12)11-27-16-8-13(19(21)25-4)7-14(9-16)20(22)26-5/h6-10H,11H2,1-5H3. The zero-order chi connectivity index (χ0) is 20.0. The average Bonchev–Trinajstić information content (AvgIpc) is 2.70. The number of carbonyl (C=O) groups is 2. The van der Waals surface area contributed by atoms with Crippen molar-refractivity contribution < 1.29 is 33.3 Å². The van der Waals surface area contributed by atoms with Crippen LogP contribution >= 0.6 is 0 Å². The Bertz CT molecular complexity index is 808. The van der Waals surface area contributed by atoms with E-state index in [4.69, 9.17) is 23.7 Å². The summed E-state index contributed by atoms with van der Waals surface area (Å²) in [5.74, 6) is 0.396. The number of methoxy groups -OCH3 is 4. The van der Waals surface area contributed by atoms with E-state index in [0.717, 1.165) is 11.1 Å². The Morgan fingerprint density at radius 2 is 1.30 bits per heavy atom. The van der Waals surface area contributed by atoms with Crippen LogP contribution in [0, 0.1) is 6.92 Å². The first-order valence-electron chi connectivity index (χ1n) is 8.09. The zero-order valence-electron chi connectivity index (χ0n) is 16.0. The summed E-state index contributed by atoms with van der Waals surface area (Å²) in [4.78, 5) is 23.7. The number of aryl methyl sites for hydroxylation is 1. The van der Waals surface area contributed by atoms with Crippen molar-refractivity contribution >= 4 is 11.9 Å². The Kier molecular flexibility index (Phi) is 6.65. The molecule has 27 heavy (non-hydrogen) atoms. The van der Waals surface area contributed by atoms with Gasteiger partial charge in [-0.05, 0) is 48.4 Å². The zero-order valence-corrected chi connectivity index (χ0v) is 16.0. The highest BCUT2D eigenvalue weighted by atomic mass is 16.5. The van der Waals surface area contributed by atoms with Crippen molar-refractivity contribution in [1.82, 2.24) is 0 Å². The monoisotopic (exact) mass is 374 g/mol. The molecule has 7 heteroatoms. The number of esters is 2. The molecule has 144 valence electrons. The van der Waals surface area contributed by atoms with Crippen LogP contribution in [0.4, 0.5) is 0 Å². The molecule has 0 fully saturated rings. The molecule has 0 radical (unpaired) electrons. The van der Waals surface area contributed by atoms with Gasteiger partial charge in [-0.15, -0.1) is 0 Å². The minimum absolute atomic E-state index is 0.194. The third-order valence-corrected chi connectivity index (χ3v) is 3.99. The summed E-state index contributed by atoms with van der Waals surface area (Å²) in [6.07, 6.45) is 0. The number of carbonyl (C=O) groups excluding carboxylic acids is 2. The second kappa shape index (κ2) is 8.93. The van der Waals surface area contributed by atoms with Crippen LogP contribution in [0.3, 0.4) is 0 Å². The van der Waals surface area contributed by atoms with Gasteiger partial charge in [0.2, 0.25) is 0 Å². The molecular formula is C20H22O7. The highest BCUT2D eigenvalue weighted by molar-refractivity contribution is 5.96. The van der Waals surface area contributed by atoms with Crippen molar-refractivity contribution in [3.8, 4) is 17.2 Å². The SMILES string of the molecule is COC(=O)c1cc(OCc2cc(OC)c(OC)cc2C)cc(C(=O)OC)c1. The predicted octanol–water partition coefficient (Wildman–Crippen LogP) is 3.16. The Hall–Kier alpha value is -3.22. The van der Waals surface area contributed by atoms with E-state index in [9.17, 15) is 9.59 Å². The number of rotatable bonds is 7. The van der Waals surface area contributed by atoms with Gasteiger partial charge in [0.25, 0.3) is 0 Å². The fraction of sp³-hybridized carbons (Fsp3) is 0.300. The van der Waals surface area contributed by atoms with Crippen LogP contribution in [0.1, 0.15) is 31.8 Å². The van der Waals surface area contributed by atoms with Gasteiger partial charge in [0.1, 0.15) is 12.4 Å². The summed E-state index contributed by atoms with van der Waals surface area (Å²) in [6.45, 7) is 2.13. The van der Waals surface area contributed by atoms with E-state index in [2.05, 4.69) is 0 Å². The second-order valence-electron chi connectivity index (χ2n) is 5.65. The first-order chi connectivity index (χ1) is 12.9. The first-order valence-corrected chi connectivity index (χ1v) is 8.09. The average molecular weight is 374 g/mol. The predicted molar refractivity (Wildman–Crippen MR) is 97.7 cm³/mol. The van der Waals surface area contributed by atoms with E-state index in [-0.39, 0.29) is 17.7 Å². The number of hydrogen-bond donors (Lipinski definition) is 0. The lowest BCUT2D eigenvalue weighted by molar-refractivity contribution is 0.0598. The van der Waals surface area contributed by atoms with Crippen molar-refractivity contribution in [2.45, 2.75) is 13.5 Å². The maximum absolute atomic E-state index is 11.9. The molecule has 0 atom stereocenters. The van der Waals surface area contributed by atoms with Gasteiger partial charge < -0.3 is 23.7 Å². The Morgan fingerprint density at radius 1 is 0.778 bits per heavy atom. The lowest BCUT2D eigenvalue weighted by Gasteiger charge is -2.14. The van der Waals surface area contributed by atoms with Crippen LogP contribution in [0.15, 0.2) is 30.3 Å². The smallest absolute Gasteiger partial charge is 0.338 e. The summed E-state index contributed by atoms with van der Waals surface area (Å²) in [7, 11) is 5.65. The molecule has 2 aromatic carbocycles. The van der Waals surface area contributed by atoms with E-state index < -0.39 is 11.9 Å². The van der Waals surface area contributed by atoms with Gasteiger partial charge in [0.15, 0.2) is 11.5 Å². The summed E-state index contributed by atoms with van der Waals surface area (Å²) in [6, 6.07) is 8.08. The fourth-order valence-corrected chi connectivity index (χ4v) is 2.49. The lowest BCUT2D eigenvalue weighted by Crippen LogP contribution is -2.08. The molecule has 0 spiro atoms. The van der Waals surface area contributed by atoms with Gasteiger partial charge in [-0.2, -0.15) is 0 Å². The van der Waals surface area contributed by atoms with Gasteiger partial charge in [-0.25, -0.2) is 9.59 Å². The first kappa shape index (κ1) is 20.1. The molecule has 0 aliphatic heterocycles. The van der Waals surface area contributed by atoms with Crippen molar-refractivity contribution in [2.75, 3.05) is 28.4 Å². The molecule has 7 nitrogen and oxygen atoms in total. The van der Waals surface area contributed by atoms with Crippen LogP contribution in [0.5, 0.6) is 17.2 Å². The van der Waals surface area contributed by atoms with Gasteiger partial charge in [0.05, 0.1) is 39.6 Å². The molecule has 0 unspecified atom stereocenters. The van der Waals surface area contributed by atoms with Crippen molar-refractivity contribution in [3.05, 3.63) is 52.6 Å². The Labute approximate surface area is 157 Å². The van der Waals surface area contributed by atoms with Gasteiger partial charge in [-0.1, -0.05) is 0 Å². The number of hydrogen-bond acceptors (Lipinski definition) is 7. The van der Waals surface area contributed by atoms with Gasteiger partial charge in [0, 0.05) is 0 Å². The van der Waals surface area contributed by atoms with Gasteiger partial charge in [-0.3, -0.25) is 0 Å². The normalized spacial score (nSPS) is 10.1. The van der Waals surface area contributed by atoms with Crippen molar-refractivity contribution in [2.24, 2.45) is 0 Å². The van der Waals surface area contributed by atoms with Crippen molar-refractivity contribution in [3.63, 3.8) is 0 Å². The van der Waals surface area contributed by atoms with E-state index in [1.54, 1.807) is 14.2 Å². The molecule has 2 rings (SSSR count). The molecule has 0 bridgehead atoms. The molecule has 0 saturated carbocycles. The quantitative estimate of drug-likeness (QED) is 0.689. The van der Waals surface area contributed by atoms with Crippen LogP contribution in [-0.4, -0.2) is 40.4 Å². The lowest BCUT2D eigenvalue weighted by atomic mass is 10.1. The van der Waals surface area contributed by atoms with Crippen LogP contribution in [-0.2, 0) is 16.1 Å². The van der Waals surface area contributed by atoms with Crippen LogP contribution in [0.2, 0.25) is 0 Å². The minimum atomic E-state index is -0.576. The van der Waals surface area contributed by atoms with E-state index in [0.29, 0.717) is 17.2 Å². The van der Waals surface area contributed by atoms with Crippen LogP contribution < -0.4 is 14.2 Å². The summed E-state index contributed by atoms with van der Waals surface area (Å²) in [5.41, 5.74) is 2.21. The van der Waals surface area contributed by atoms with E-state index in [1.165, 1.54) is 32.4 Å². The number of benzene rings is 2. The maximum atomic E-state index is 11.9. The van der Waals surface area contributed by atoms with E-state index >= 15 is 0 Å². The Balaban J connectivity index is 2.32. The fourth-order valence-electron chi connectivity index (χ4n) is 2.49. The molecule has 0 heterocycles. The summed E-state index contributed by atoms with van der Waals surface area (Å²) >= 11 is 0. The van der Waals surface area contributed by atoms with Gasteiger partial charge >= 0.3 is 11.9 Å². The maximum Gasteiger partial charge on any atom is 0.338 e. The molecule has 0 amide bonds. The highest BCUT2D eigenvalue weighted by Gasteiger charge is 2.15. The largest absolute Gasteiger partial charge is 0.493 e. The molecule has 2 aromatic rings.